The molecule has 1 aromatic carbocycles. The Hall–Kier alpha value is -0.610. The molecule has 0 aromatic heterocycles. The van der Waals surface area contributed by atoms with Crippen LogP contribution in [0.1, 0.15) is 0 Å². The maximum Gasteiger partial charge on any atom is -0.0102 e. The maximum atomic E-state index is 2.30. The smallest absolute Gasteiger partial charge is 0.0102 e. The van der Waals surface area contributed by atoms with E-state index in [1.807, 2.05) is 0 Å². The molecule has 0 aliphatic carbocycles. The first-order valence-electron chi connectivity index (χ1n) is 3.92. The minimum Gasteiger partial charge on any atom is -0.0835 e. The molecule has 0 atom stereocenters. The van der Waals surface area contributed by atoms with Crippen molar-refractivity contribution < 1.29 is 0 Å². The van der Waals surface area contributed by atoms with Gasteiger partial charge in [-0.25, -0.2) is 0 Å². The van der Waals surface area contributed by atoms with Crippen LogP contribution in [0.4, 0.5) is 0 Å². The van der Waals surface area contributed by atoms with Crippen LogP contribution in [0, 0.1) is 0 Å². The fourth-order valence-corrected chi connectivity index (χ4v) is 3.30. The van der Waals surface area contributed by atoms with Crippen molar-refractivity contribution in [2.75, 3.05) is 12.3 Å². The molecule has 0 spiro atoms. The second-order valence-corrected chi connectivity index (χ2v) is 5.04. The summed E-state index contributed by atoms with van der Waals surface area (Å²) in [6, 6.07) is 10.9. The number of benzene rings is 1. The van der Waals surface area contributed by atoms with E-state index in [2.05, 4.69) is 42.5 Å². The lowest BCUT2D eigenvalue weighted by Crippen LogP contribution is -2.00. The average Bonchev–Trinajstić information content (AvgIpc) is 2.58. The van der Waals surface area contributed by atoms with E-state index in [-0.39, 0.29) is 7.92 Å². The lowest BCUT2D eigenvalue weighted by Gasteiger charge is -2.08. The minimum absolute atomic E-state index is 0.149. The number of rotatable bonds is 1. The van der Waals surface area contributed by atoms with Gasteiger partial charge in [0.05, 0.1) is 0 Å². The van der Waals surface area contributed by atoms with Gasteiger partial charge in [0.2, 0.25) is 0 Å². The van der Waals surface area contributed by atoms with Crippen LogP contribution in [-0.4, -0.2) is 12.3 Å². The van der Waals surface area contributed by atoms with Gasteiger partial charge in [-0.2, -0.15) is 0 Å². The van der Waals surface area contributed by atoms with Crippen LogP contribution in [0.15, 0.2) is 42.5 Å². The van der Waals surface area contributed by atoms with E-state index < -0.39 is 0 Å². The molecule has 1 heterocycles. The first-order chi connectivity index (χ1) is 5.47. The molecule has 0 unspecified atom stereocenters. The largest absolute Gasteiger partial charge is 0.0835 e. The van der Waals surface area contributed by atoms with Crippen molar-refractivity contribution in [1.82, 2.24) is 0 Å². The molecule has 56 valence electrons. The molecule has 0 saturated heterocycles. The van der Waals surface area contributed by atoms with Crippen LogP contribution in [0.3, 0.4) is 0 Å². The highest BCUT2D eigenvalue weighted by atomic mass is 31.1. The molecule has 2 rings (SSSR count). The van der Waals surface area contributed by atoms with E-state index in [4.69, 9.17) is 0 Å². The Morgan fingerprint density at radius 3 is 2.18 bits per heavy atom. The summed E-state index contributed by atoms with van der Waals surface area (Å²) in [4.78, 5) is 0. The van der Waals surface area contributed by atoms with Gasteiger partial charge in [-0.15, -0.1) is 0 Å². The summed E-state index contributed by atoms with van der Waals surface area (Å²) in [5, 5.41) is 1.55. The Labute approximate surface area is 68.7 Å². The molecule has 0 N–H and O–H groups in total. The van der Waals surface area contributed by atoms with Gasteiger partial charge >= 0.3 is 0 Å². The molecular formula is C10H11P. The fraction of sp³-hybridized carbons (Fsp3) is 0.200. The van der Waals surface area contributed by atoms with Gasteiger partial charge in [-0.05, 0) is 17.6 Å². The standard InChI is InChI=1S/C10H11P/c1-2-6-10(7-3-1)11-8-4-5-9-11/h1-7H,8-9H2. The van der Waals surface area contributed by atoms with Gasteiger partial charge in [0.25, 0.3) is 0 Å². The fourth-order valence-electron chi connectivity index (χ4n) is 1.33. The van der Waals surface area contributed by atoms with Gasteiger partial charge in [0.15, 0.2) is 0 Å². The van der Waals surface area contributed by atoms with Gasteiger partial charge in [-0.1, -0.05) is 50.4 Å². The number of allylic oxidation sites excluding steroid dienone is 2. The topological polar surface area (TPSA) is 0 Å². The molecule has 1 aliphatic heterocycles. The van der Waals surface area contributed by atoms with Gasteiger partial charge in [0, 0.05) is 0 Å². The monoisotopic (exact) mass is 162 g/mol. The molecular weight excluding hydrogens is 151 g/mol. The Morgan fingerprint density at radius 2 is 1.55 bits per heavy atom. The van der Waals surface area contributed by atoms with Gasteiger partial charge in [-0.3, -0.25) is 0 Å². The molecule has 0 radical (unpaired) electrons. The van der Waals surface area contributed by atoms with E-state index in [0.717, 1.165) is 0 Å². The molecule has 0 bridgehead atoms. The average molecular weight is 162 g/mol. The molecule has 0 amide bonds. The lowest BCUT2D eigenvalue weighted by atomic mass is 10.4. The Bertz CT molecular complexity index is 243. The summed E-state index contributed by atoms with van der Waals surface area (Å²) in [6.45, 7) is 0. The lowest BCUT2D eigenvalue weighted by molar-refractivity contribution is 1.74. The van der Waals surface area contributed by atoms with Crippen molar-refractivity contribution in [3.05, 3.63) is 42.5 Å². The van der Waals surface area contributed by atoms with Gasteiger partial charge < -0.3 is 0 Å². The van der Waals surface area contributed by atoms with Crippen LogP contribution in [-0.2, 0) is 0 Å². The quantitative estimate of drug-likeness (QED) is 0.439. The first kappa shape index (κ1) is 7.06. The molecule has 1 heteroatoms. The van der Waals surface area contributed by atoms with Gasteiger partial charge in [0.1, 0.15) is 0 Å². The minimum atomic E-state index is 0.149. The summed E-state index contributed by atoms with van der Waals surface area (Å²) < 4.78 is 0. The highest BCUT2D eigenvalue weighted by Crippen LogP contribution is 2.37. The zero-order valence-electron chi connectivity index (χ0n) is 6.40. The van der Waals surface area contributed by atoms with Crippen molar-refractivity contribution in [2.45, 2.75) is 0 Å². The van der Waals surface area contributed by atoms with E-state index in [1.165, 1.54) is 12.3 Å². The zero-order chi connectivity index (χ0) is 7.52. The van der Waals surface area contributed by atoms with E-state index in [0.29, 0.717) is 0 Å². The predicted molar refractivity (Wildman–Crippen MR) is 51.9 cm³/mol. The number of hydrogen-bond donors (Lipinski definition) is 0. The SMILES string of the molecule is C1=CCP(c2ccccc2)C1. The van der Waals surface area contributed by atoms with Crippen molar-refractivity contribution in [3.8, 4) is 0 Å². The third kappa shape index (κ3) is 1.52. The molecule has 0 saturated carbocycles. The van der Waals surface area contributed by atoms with Crippen molar-refractivity contribution >= 4 is 13.2 Å². The number of hydrogen-bond acceptors (Lipinski definition) is 0. The van der Waals surface area contributed by atoms with E-state index in [9.17, 15) is 0 Å². The van der Waals surface area contributed by atoms with Crippen LogP contribution in [0.25, 0.3) is 0 Å². The summed E-state index contributed by atoms with van der Waals surface area (Å²) in [7, 11) is 0.149. The van der Waals surface area contributed by atoms with Crippen molar-refractivity contribution in [1.29, 1.82) is 0 Å². The maximum absolute atomic E-state index is 2.30. The normalized spacial score (nSPS) is 17.5. The molecule has 1 aromatic rings. The Morgan fingerprint density at radius 1 is 0.909 bits per heavy atom. The molecule has 0 fully saturated rings. The molecule has 1 aliphatic rings. The zero-order valence-corrected chi connectivity index (χ0v) is 7.30. The van der Waals surface area contributed by atoms with Crippen LogP contribution in [0.2, 0.25) is 0 Å². The second kappa shape index (κ2) is 3.19. The highest BCUT2D eigenvalue weighted by molar-refractivity contribution is 7.66. The second-order valence-electron chi connectivity index (χ2n) is 2.71. The Kier molecular flexibility index (Phi) is 2.05. The highest BCUT2D eigenvalue weighted by Gasteiger charge is 2.10. The molecule has 11 heavy (non-hydrogen) atoms. The van der Waals surface area contributed by atoms with Crippen LogP contribution in [0.5, 0.6) is 0 Å². The van der Waals surface area contributed by atoms with E-state index >= 15 is 0 Å². The predicted octanol–water partition coefficient (Wildman–Crippen LogP) is 2.36. The summed E-state index contributed by atoms with van der Waals surface area (Å²) >= 11 is 0. The molecule has 0 nitrogen and oxygen atoms in total. The third-order valence-corrected chi connectivity index (χ3v) is 4.27. The van der Waals surface area contributed by atoms with Crippen LogP contribution >= 0.6 is 7.92 Å². The third-order valence-electron chi connectivity index (χ3n) is 1.94. The van der Waals surface area contributed by atoms with E-state index in [1.54, 1.807) is 5.30 Å². The summed E-state index contributed by atoms with van der Waals surface area (Å²) in [5.41, 5.74) is 0. The van der Waals surface area contributed by atoms with Crippen molar-refractivity contribution in [3.63, 3.8) is 0 Å². The summed E-state index contributed by atoms with van der Waals surface area (Å²) in [6.07, 6.45) is 7.19. The Balaban J connectivity index is 2.17. The summed E-state index contributed by atoms with van der Waals surface area (Å²) in [5.74, 6) is 0. The first-order valence-corrected chi connectivity index (χ1v) is 5.63. The van der Waals surface area contributed by atoms with Crippen molar-refractivity contribution in [2.24, 2.45) is 0 Å². The van der Waals surface area contributed by atoms with Crippen LogP contribution < -0.4 is 5.30 Å².